The Balaban J connectivity index is 1.98. The van der Waals surface area contributed by atoms with Gasteiger partial charge in [-0.3, -0.25) is 0 Å². The smallest absolute Gasteiger partial charge is 0.00768 e. The first-order valence-corrected chi connectivity index (χ1v) is 5.85. The Morgan fingerprint density at radius 1 is 1.00 bits per heavy atom. The molecule has 1 heterocycles. The molecule has 0 aromatic carbocycles. The van der Waals surface area contributed by atoms with E-state index in [4.69, 9.17) is 0 Å². The monoisotopic (exact) mass is 184 g/mol. The van der Waals surface area contributed by atoms with Gasteiger partial charge >= 0.3 is 0 Å². The zero-order chi connectivity index (χ0) is 9.36. The minimum absolute atomic E-state index is 0.874. The van der Waals surface area contributed by atoms with Gasteiger partial charge in [-0.25, -0.2) is 0 Å². The SMILES string of the molecule is CCCCCCC1CNCCNC1. The highest BCUT2D eigenvalue weighted by atomic mass is 15.0. The molecule has 0 saturated carbocycles. The Morgan fingerprint density at radius 3 is 2.31 bits per heavy atom. The molecule has 0 aromatic heterocycles. The van der Waals surface area contributed by atoms with Gasteiger partial charge in [0.05, 0.1) is 0 Å². The van der Waals surface area contributed by atoms with Gasteiger partial charge in [-0.05, 0) is 25.4 Å². The molecular formula is C11H24N2. The summed E-state index contributed by atoms with van der Waals surface area (Å²) in [6.45, 7) is 7.00. The third kappa shape index (κ3) is 5.27. The van der Waals surface area contributed by atoms with Crippen LogP contribution in [0, 0.1) is 5.92 Å². The summed E-state index contributed by atoms with van der Waals surface area (Å²) in [6.07, 6.45) is 7.00. The first-order valence-electron chi connectivity index (χ1n) is 5.85. The van der Waals surface area contributed by atoms with Crippen molar-refractivity contribution in [3.8, 4) is 0 Å². The van der Waals surface area contributed by atoms with E-state index < -0.39 is 0 Å². The van der Waals surface area contributed by atoms with Gasteiger partial charge in [0.25, 0.3) is 0 Å². The van der Waals surface area contributed by atoms with Crippen LogP contribution in [-0.2, 0) is 0 Å². The highest BCUT2D eigenvalue weighted by molar-refractivity contribution is 4.70. The maximum atomic E-state index is 3.48. The molecule has 13 heavy (non-hydrogen) atoms. The number of hydrogen-bond acceptors (Lipinski definition) is 2. The van der Waals surface area contributed by atoms with E-state index in [-0.39, 0.29) is 0 Å². The third-order valence-corrected chi connectivity index (χ3v) is 2.81. The molecule has 2 N–H and O–H groups in total. The first-order chi connectivity index (χ1) is 6.43. The Labute approximate surface area is 82.5 Å². The van der Waals surface area contributed by atoms with Gasteiger partial charge in [0.2, 0.25) is 0 Å². The van der Waals surface area contributed by atoms with Crippen LogP contribution in [0.5, 0.6) is 0 Å². The molecule has 0 spiro atoms. The standard InChI is InChI=1S/C11H24N2/c1-2-3-4-5-6-11-9-12-7-8-13-10-11/h11-13H,2-10H2,1H3. The number of unbranched alkanes of at least 4 members (excludes halogenated alkanes) is 3. The predicted molar refractivity (Wildman–Crippen MR) is 58.0 cm³/mol. The van der Waals surface area contributed by atoms with Crippen LogP contribution in [0.15, 0.2) is 0 Å². The largest absolute Gasteiger partial charge is 0.315 e. The van der Waals surface area contributed by atoms with Gasteiger partial charge in [-0.1, -0.05) is 32.6 Å². The first kappa shape index (κ1) is 11.0. The Hall–Kier alpha value is -0.0800. The van der Waals surface area contributed by atoms with Crippen LogP contribution < -0.4 is 10.6 Å². The molecule has 0 amide bonds. The predicted octanol–water partition coefficient (Wildman–Crippen LogP) is 1.77. The summed E-state index contributed by atoms with van der Waals surface area (Å²) < 4.78 is 0. The second kappa shape index (κ2) is 7.34. The van der Waals surface area contributed by atoms with Crippen molar-refractivity contribution in [1.82, 2.24) is 10.6 Å². The van der Waals surface area contributed by atoms with Crippen molar-refractivity contribution in [3.63, 3.8) is 0 Å². The Morgan fingerprint density at radius 2 is 1.69 bits per heavy atom. The van der Waals surface area contributed by atoms with Gasteiger partial charge in [0.15, 0.2) is 0 Å². The van der Waals surface area contributed by atoms with Crippen LogP contribution >= 0.6 is 0 Å². The van der Waals surface area contributed by atoms with Crippen molar-refractivity contribution >= 4 is 0 Å². The van der Waals surface area contributed by atoms with Crippen LogP contribution in [0.2, 0.25) is 0 Å². The van der Waals surface area contributed by atoms with Crippen molar-refractivity contribution in [3.05, 3.63) is 0 Å². The second-order valence-electron chi connectivity index (χ2n) is 4.12. The van der Waals surface area contributed by atoms with Crippen LogP contribution in [-0.4, -0.2) is 26.2 Å². The lowest BCUT2D eigenvalue weighted by molar-refractivity contribution is 0.438. The number of hydrogen-bond donors (Lipinski definition) is 2. The molecule has 1 saturated heterocycles. The third-order valence-electron chi connectivity index (χ3n) is 2.81. The normalized spacial score (nSPS) is 20.1. The molecule has 1 aliphatic heterocycles. The van der Waals surface area contributed by atoms with Crippen molar-refractivity contribution in [2.75, 3.05) is 26.2 Å². The summed E-state index contributed by atoms with van der Waals surface area (Å²) >= 11 is 0. The van der Waals surface area contributed by atoms with E-state index in [1.54, 1.807) is 0 Å². The van der Waals surface area contributed by atoms with Gasteiger partial charge in [0, 0.05) is 13.1 Å². The molecule has 0 aliphatic carbocycles. The average molecular weight is 184 g/mol. The van der Waals surface area contributed by atoms with Crippen LogP contribution in [0.1, 0.15) is 39.0 Å². The minimum atomic E-state index is 0.874. The van der Waals surface area contributed by atoms with E-state index >= 15 is 0 Å². The summed E-state index contributed by atoms with van der Waals surface area (Å²) in [6, 6.07) is 0. The molecule has 2 heteroatoms. The molecule has 0 aromatic rings. The second-order valence-corrected chi connectivity index (χ2v) is 4.12. The molecule has 78 valence electrons. The van der Waals surface area contributed by atoms with E-state index in [9.17, 15) is 0 Å². The lowest BCUT2D eigenvalue weighted by Gasteiger charge is -2.13. The molecule has 1 aliphatic rings. The van der Waals surface area contributed by atoms with Crippen molar-refractivity contribution in [1.29, 1.82) is 0 Å². The van der Waals surface area contributed by atoms with Gasteiger partial charge in [0.1, 0.15) is 0 Å². The molecule has 0 unspecified atom stereocenters. The molecular weight excluding hydrogens is 160 g/mol. The topological polar surface area (TPSA) is 24.1 Å². The fourth-order valence-electron chi connectivity index (χ4n) is 1.93. The number of rotatable bonds is 5. The van der Waals surface area contributed by atoms with Crippen LogP contribution in [0.25, 0.3) is 0 Å². The summed E-state index contributed by atoms with van der Waals surface area (Å²) in [5.41, 5.74) is 0. The van der Waals surface area contributed by atoms with E-state index in [2.05, 4.69) is 17.6 Å². The Bertz CT molecular complexity index is 107. The van der Waals surface area contributed by atoms with Gasteiger partial charge < -0.3 is 10.6 Å². The lowest BCUT2D eigenvalue weighted by Crippen LogP contribution is -2.23. The van der Waals surface area contributed by atoms with E-state index in [0.717, 1.165) is 19.0 Å². The summed E-state index contributed by atoms with van der Waals surface area (Å²) in [5, 5.41) is 6.95. The molecule has 0 radical (unpaired) electrons. The Kier molecular flexibility index (Phi) is 6.21. The fourth-order valence-corrected chi connectivity index (χ4v) is 1.93. The zero-order valence-corrected chi connectivity index (χ0v) is 8.94. The highest BCUT2D eigenvalue weighted by Gasteiger charge is 2.09. The van der Waals surface area contributed by atoms with E-state index in [1.807, 2.05) is 0 Å². The highest BCUT2D eigenvalue weighted by Crippen LogP contribution is 2.10. The maximum Gasteiger partial charge on any atom is 0.00768 e. The maximum absolute atomic E-state index is 3.48. The van der Waals surface area contributed by atoms with Gasteiger partial charge in [-0.15, -0.1) is 0 Å². The summed E-state index contributed by atoms with van der Waals surface area (Å²) in [4.78, 5) is 0. The molecule has 0 bridgehead atoms. The van der Waals surface area contributed by atoms with E-state index in [1.165, 1.54) is 45.2 Å². The molecule has 2 nitrogen and oxygen atoms in total. The fraction of sp³-hybridized carbons (Fsp3) is 1.00. The molecule has 1 rings (SSSR count). The minimum Gasteiger partial charge on any atom is -0.315 e. The zero-order valence-electron chi connectivity index (χ0n) is 8.94. The van der Waals surface area contributed by atoms with Crippen molar-refractivity contribution in [2.24, 2.45) is 5.92 Å². The molecule has 1 fully saturated rings. The van der Waals surface area contributed by atoms with Crippen molar-refractivity contribution in [2.45, 2.75) is 39.0 Å². The lowest BCUT2D eigenvalue weighted by atomic mass is 10.0. The van der Waals surface area contributed by atoms with Crippen molar-refractivity contribution < 1.29 is 0 Å². The summed E-state index contributed by atoms with van der Waals surface area (Å²) in [7, 11) is 0. The summed E-state index contributed by atoms with van der Waals surface area (Å²) in [5.74, 6) is 0.874. The van der Waals surface area contributed by atoms with Gasteiger partial charge in [-0.2, -0.15) is 0 Å². The molecule has 0 atom stereocenters. The van der Waals surface area contributed by atoms with Crippen LogP contribution in [0.3, 0.4) is 0 Å². The number of nitrogens with one attached hydrogen (secondary N) is 2. The average Bonchev–Trinajstić information content (AvgIpc) is 2.41. The van der Waals surface area contributed by atoms with Crippen LogP contribution in [0.4, 0.5) is 0 Å². The van der Waals surface area contributed by atoms with E-state index in [0.29, 0.717) is 0 Å². The quantitative estimate of drug-likeness (QED) is 0.636.